The summed E-state index contributed by atoms with van der Waals surface area (Å²) in [6.45, 7) is 0. The fraction of sp³-hybridized carbons (Fsp3) is 0.333. The molecular weight excluding hydrogens is 304 g/mol. The lowest BCUT2D eigenvalue weighted by Gasteiger charge is -2.22. The van der Waals surface area contributed by atoms with Gasteiger partial charge in [0.25, 0.3) is 0 Å². The molecule has 0 aliphatic heterocycles. The molecule has 0 radical (unpaired) electrons. The summed E-state index contributed by atoms with van der Waals surface area (Å²) in [7, 11) is 0. The van der Waals surface area contributed by atoms with Crippen molar-refractivity contribution in [1.29, 1.82) is 0 Å². The summed E-state index contributed by atoms with van der Waals surface area (Å²) in [5, 5.41) is -0.418. The van der Waals surface area contributed by atoms with Crippen molar-refractivity contribution in [3.63, 3.8) is 0 Å². The van der Waals surface area contributed by atoms with Crippen molar-refractivity contribution in [3.8, 4) is 5.75 Å². The lowest BCUT2D eigenvalue weighted by atomic mass is 10.3. The standard InChI is InChI=1S/C9H6ClF6NO2/c10-5-3-4(17)1-2-6(5)18-8(12,13)7(11)19-9(14,15)16/h1-3,7H,17H2/t7-/m0/s1. The molecule has 19 heavy (non-hydrogen) atoms. The van der Waals surface area contributed by atoms with Gasteiger partial charge in [0.05, 0.1) is 5.02 Å². The fourth-order valence-corrected chi connectivity index (χ4v) is 1.21. The van der Waals surface area contributed by atoms with E-state index in [1.807, 2.05) is 0 Å². The Morgan fingerprint density at radius 1 is 1.16 bits per heavy atom. The fourth-order valence-electron chi connectivity index (χ4n) is 0.979. The Labute approximate surface area is 107 Å². The van der Waals surface area contributed by atoms with Crippen LogP contribution < -0.4 is 10.5 Å². The zero-order valence-electron chi connectivity index (χ0n) is 8.85. The first-order chi connectivity index (χ1) is 8.51. The van der Waals surface area contributed by atoms with Crippen LogP contribution in [0, 0.1) is 0 Å². The van der Waals surface area contributed by atoms with E-state index < -0.39 is 29.6 Å². The third kappa shape index (κ3) is 4.67. The number of benzene rings is 1. The van der Waals surface area contributed by atoms with Crippen molar-refractivity contribution in [3.05, 3.63) is 23.2 Å². The van der Waals surface area contributed by atoms with Gasteiger partial charge in [-0.15, -0.1) is 13.2 Å². The lowest BCUT2D eigenvalue weighted by Crippen LogP contribution is -2.41. The van der Waals surface area contributed by atoms with Gasteiger partial charge in [0.2, 0.25) is 0 Å². The zero-order chi connectivity index (χ0) is 14.8. The van der Waals surface area contributed by atoms with Crippen LogP contribution in [0.3, 0.4) is 0 Å². The second kappa shape index (κ2) is 5.33. The second-order valence-corrected chi connectivity index (χ2v) is 3.64. The first-order valence-electron chi connectivity index (χ1n) is 4.52. The van der Waals surface area contributed by atoms with E-state index in [9.17, 15) is 26.3 Å². The molecular formula is C9H6ClF6NO2. The van der Waals surface area contributed by atoms with Crippen LogP contribution in [-0.4, -0.2) is 18.8 Å². The van der Waals surface area contributed by atoms with E-state index in [2.05, 4.69) is 9.47 Å². The quantitative estimate of drug-likeness (QED) is 0.681. The monoisotopic (exact) mass is 309 g/mol. The number of anilines is 1. The van der Waals surface area contributed by atoms with E-state index in [4.69, 9.17) is 17.3 Å². The summed E-state index contributed by atoms with van der Waals surface area (Å²) in [4.78, 5) is 0. The molecule has 10 heteroatoms. The van der Waals surface area contributed by atoms with E-state index in [0.717, 1.165) is 18.2 Å². The Kier molecular flexibility index (Phi) is 4.41. The molecule has 0 heterocycles. The summed E-state index contributed by atoms with van der Waals surface area (Å²) in [5.74, 6) is -0.741. The van der Waals surface area contributed by atoms with E-state index in [-0.39, 0.29) is 5.69 Å². The molecule has 0 unspecified atom stereocenters. The van der Waals surface area contributed by atoms with Crippen LogP contribution in [0.5, 0.6) is 5.75 Å². The lowest BCUT2D eigenvalue weighted by molar-refractivity contribution is -0.411. The first-order valence-corrected chi connectivity index (χ1v) is 4.89. The molecule has 1 rings (SSSR count). The van der Waals surface area contributed by atoms with Crippen LogP contribution in [0.15, 0.2) is 18.2 Å². The first kappa shape index (κ1) is 15.7. The SMILES string of the molecule is Nc1ccc(OC(F)(F)[C@@H](F)OC(F)(F)F)c(Cl)c1. The van der Waals surface area contributed by atoms with Crippen LogP contribution >= 0.6 is 11.6 Å². The molecule has 0 fully saturated rings. The van der Waals surface area contributed by atoms with Gasteiger partial charge >= 0.3 is 18.8 Å². The topological polar surface area (TPSA) is 44.5 Å². The third-order valence-electron chi connectivity index (χ3n) is 1.70. The van der Waals surface area contributed by atoms with Crippen LogP contribution in [0.2, 0.25) is 5.02 Å². The molecule has 0 aliphatic carbocycles. The van der Waals surface area contributed by atoms with Crippen molar-refractivity contribution in [2.75, 3.05) is 5.73 Å². The normalized spacial score (nSPS) is 14.3. The van der Waals surface area contributed by atoms with Crippen LogP contribution in [0.4, 0.5) is 32.0 Å². The maximum Gasteiger partial charge on any atom is 0.525 e. The Morgan fingerprint density at radius 3 is 2.21 bits per heavy atom. The summed E-state index contributed by atoms with van der Waals surface area (Å²) >= 11 is 5.45. The van der Waals surface area contributed by atoms with Gasteiger partial charge in [0, 0.05) is 5.69 Å². The minimum absolute atomic E-state index is 0.101. The molecule has 0 aromatic heterocycles. The highest BCUT2D eigenvalue weighted by atomic mass is 35.5. The smallest absolute Gasteiger partial charge is 0.427 e. The molecule has 0 saturated carbocycles. The molecule has 0 saturated heterocycles. The van der Waals surface area contributed by atoms with E-state index >= 15 is 0 Å². The van der Waals surface area contributed by atoms with Crippen molar-refractivity contribution in [1.82, 2.24) is 0 Å². The molecule has 0 bridgehead atoms. The zero-order valence-corrected chi connectivity index (χ0v) is 9.60. The van der Waals surface area contributed by atoms with Crippen LogP contribution in [0.1, 0.15) is 0 Å². The van der Waals surface area contributed by atoms with Crippen LogP contribution in [-0.2, 0) is 4.74 Å². The summed E-state index contributed by atoms with van der Waals surface area (Å²) in [5.41, 5.74) is 5.36. The highest BCUT2D eigenvalue weighted by molar-refractivity contribution is 6.32. The van der Waals surface area contributed by atoms with Crippen LogP contribution in [0.25, 0.3) is 0 Å². The maximum absolute atomic E-state index is 13.0. The highest BCUT2D eigenvalue weighted by Crippen LogP contribution is 2.35. The molecule has 1 aromatic carbocycles. The largest absolute Gasteiger partial charge is 0.525 e. The van der Waals surface area contributed by atoms with Crippen molar-refractivity contribution in [2.45, 2.75) is 18.8 Å². The predicted octanol–water partition coefficient (Wildman–Crippen LogP) is 3.73. The number of nitrogens with two attached hydrogens (primary N) is 1. The van der Waals surface area contributed by atoms with E-state index in [1.54, 1.807) is 0 Å². The van der Waals surface area contributed by atoms with Gasteiger partial charge in [-0.25, -0.2) is 9.13 Å². The number of hydrogen-bond donors (Lipinski definition) is 1. The van der Waals surface area contributed by atoms with Crippen molar-refractivity contribution >= 4 is 17.3 Å². The molecule has 1 atom stereocenters. The Balaban J connectivity index is 2.83. The Morgan fingerprint density at radius 2 is 1.74 bits per heavy atom. The summed E-state index contributed by atoms with van der Waals surface area (Å²) in [6, 6.07) is 2.95. The average Bonchev–Trinajstić information content (AvgIpc) is 2.19. The number of halogens is 7. The molecule has 0 aliphatic rings. The Hall–Kier alpha value is -1.35. The third-order valence-corrected chi connectivity index (χ3v) is 2.00. The van der Waals surface area contributed by atoms with Crippen molar-refractivity contribution < 1.29 is 35.8 Å². The van der Waals surface area contributed by atoms with Gasteiger partial charge in [-0.1, -0.05) is 11.6 Å². The predicted molar refractivity (Wildman–Crippen MR) is 53.5 cm³/mol. The maximum atomic E-state index is 13.0. The minimum Gasteiger partial charge on any atom is -0.427 e. The molecule has 3 nitrogen and oxygen atoms in total. The number of alkyl halides is 6. The van der Waals surface area contributed by atoms with Crippen molar-refractivity contribution in [2.24, 2.45) is 0 Å². The summed E-state index contributed by atoms with van der Waals surface area (Å²) < 4.78 is 79.8. The molecule has 0 spiro atoms. The van der Waals surface area contributed by atoms with Gasteiger partial charge in [-0.2, -0.15) is 8.78 Å². The van der Waals surface area contributed by atoms with Gasteiger partial charge in [-0.3, -0.25) is 0 Å². The average molecular weight is 310 g/mol. The van der Waals surface area contributed by atoms with E-state index in [0.29, 0.717) is 0 Å². The second-order valence-electron chi connectivity index (χ2n) is 3.23. The van der Waals surface area contributed by atoms with Gasteiger partial charge in [0.1, 0.15) is 5.75 Å². The number of hydrogen-bond acceptors (Lipinski definition) is 3. The van der Waals surface area contributed by atoms with E-state index in [1.165, 1.54) is 0 Å². The highest BCUT2D eigenvalue weighted by Gasteiger charge is 2.50. The number of nitrogen functional groups attached to an aromatic ring is 1. The summed E-state index contributed by atoms with van der Waals surface area (Å²) in [6.07, 6.45) is -14.5. The van der Waals surface area contributed by atoms with Gasteiger partial charge < -0.3 is 10.5 Å². The van der Waals surface area contributed by atoms with Gasteiger partial charge in [-0.05, 0) is 18.2 Å². The number of rotatable bonds is 4. The molecule has 1 aromatic rings. The number of ether oxygens (including phenoxy) is 2. The Bertz CT molecular complexity index is 453. The van der Waals surface area contributed by atoms with Gasteiger partial charge in [0.15, 0.2) is 0 Å². The molecule has 0 amide bonds. The molecule has 108 valence electrons. The molecule has 2 N–H and O–H groups in total. The minimum atomic E-state index is -5.57.